The van der Waals surface area contributed by atoms with E-state index in [2.05, 4.69) is 277 Å². The van der Waals surface area contributed by atoms with Crippen LogP contribution in [0.2, 0.25) is 0 Å². The van der Waals surface area contributed by atoms with Crippen molar-refractivity contribution < 1.29 is 0 Å². The summed E-state index contributed by atoms with van der Waals surface area (Å²) in [6, 6.07) is 99.9. The summed E-state index contributed by atoms with van der Waals surface area (Å²) in [5.74, 6) is 0. The van der Waals surface area contributed by atoms with Crippen molar-refractivity contribution in [2.75, 3.05) is 9.80 Å². The summed E-state index contributed by atoms with van der Waals surface area (Å²) in [6.45, 7) is 0. The summed E-state index contributed by atoms with van der Waals surface area (Å²) in [4.78, 5) is 5.00. The molecule has 12 aromatic rings. The predicted octanol–water partition coefficient (Wildman–Crippen LogP) is 18.0. The Bertz CT molecular complexity index is 4030. The molecule has 11 aromatic carbocycles. The minimum absolute atomic E-state index is 0.546. The first kappa shape index (κ1) is 40.2. The summed E-state index contributed by atoms with van der Waals surface area (Å²) in [7, 11) is 0. The van der Waals surface area contributed by atoms with Gasteiger partial charge in [-0.1, -0.05) is 200 Å². The van der Waals surface area contributed by atoms with E-state index in [1.807, 2.05) is 11.3 Å². The smallest absolute Gasteiger partial charge is 0.0755 e. The highest BCUT2D eigenvalue weighted by Crippen LogP contribution is 2.66. The Morgan fingerprint density at radius 2 is 0.789 bits per heavy atom. The summed E-state index contributed by atoms with van der Waals surface area (Å²) in [5, 5.41) is 2.58. The molecule has 1 aliphatic heterocycles. The topological polar surface area (TPSA) is 6.48 Å². The minimum atomic E-state index is -0.600. The average molecular weight is 921 g/mol. The van der Waals surface area contributed by atoms with Crippen molar-refractivity contribution in [2.45, 2.75) is 10.8 Å². The third-order valence-electron chi connectivity index (χ3n) is 15.7. The molecule has 2 heterocycles. The van der Waals surface area contributed by atoms with Crippen molar-refractivity contribution in [3.63, 3.8) is 0 Å². The van der Waals surface area contributed by atoms with Gasteiger partial charge in [-0.2, -0.15) is 0 Å². The summed E-state index contributed by atoms with van der Waals surface area (Å²) >= 11 is 1.87. The number of thiophene rings is 1. The van der Waals surface area contributed by atoms with Gasteiger partial charge in [-0.05, 0) is 128 Å². The molecule has 0 bridgehead atoms. The van der Waals surface area contributed by atoms with Gasteiger partial charge >= 0.3 is 0 Å². The lowest BCUT2D eigenvalue weighted by Crippen LogP contribution is -2.36. The Morgan fingerprint density at radius 1 is 0.310 bits per heavy atom. The van der Waals surface area contributed by atoms with Crippen LogP contribution in [0.25, 0.3) is 42.4 Å². The standard InChI is InChI=1S/C68H44N2S/c1-5-20-45(21-6-1)67(46-22-7-2-8-23-46)58-31-15-13-28-52(58)53-39-36-49(42-60(53)67)69(51-38-41-56-55-29-14-18-35-64(55)71-65(56)44-51)50-37-40-54-57-30-19-34-63-66(57)68(61(54)43-50,47-24-9-3-10-25-47)59-32-16-17-33-62(59)70(63)48-26-11-4-12-27-48/h1-44H. The van der Waals surface area contributed by atoms with Crippen molar-refractivity contribution in [2.24, 2.45) is 0 Å². The second-order valence-corrected chi connectivity index (χ2v) is 20.2. The molecule has 15 rings (SSSR count). The summed E-state index contributed by atoms with van der Waals surface area (Å²) in [5.41, 5.74) is 21.0. The van der Waals surface area contributed by atoms with Crippen LogP contribution in [-0.4, -0.2) is 0 Å². The highest BCUT2D eigenvalue weighted by atomic mass is 32.1. The fourth-order valence-electron chi connectivity index (χ4n) is 13.0. The molecule has 332 valence electrons. The van der Waals surface area contributed by atoms with Gasteiger partial charge in [0, 0.05) is 48.5 Å². The third kappa shape index (κ3) is 5.52. The van der Waals surface area contributed by atoms with Gasteiger partial charge in [-0.15, -0.1) is 11.3 Å². The largest absolute Gasteiger partial charge is 0.310 e. The molecular weight excluding hydrogens is 877 g/mol. The molecular formula is C68H44N2S. The van der Waals surface area contributed by atoms with Crippen LogP contribution in [-0.2, 0) is 10.8 Å². The van der Waals surface area contributed by atoms with Gasteiger partial charge in [0.05, 0.1) is 22.2 Å². The normalized spacial score (nSPS) is 15.5. The van der Waals surface area contributed by atoms with Crippen molar-refractivity contribution in [3.05, 3.63) is 311 Å². The van der Waals surface area contributed by atoms with E-state index in [0.29, 0.717) is 0 Å². The Morgan fingerprint density at radius 3 is 1.49 bits per heavy atom. The Balaban J connectivity index is 1.02. The van der Waals surface area contributed by atoms with Gasteiger partial charge in [0.2, 0.25) is 0 Å². The van der Waals surface area contributed by atoms with Gasteiger partial charge in [-0.3, -0.25) is 0 Å². The highest BCUT2D eigenvalue weighted by molar-refractivity contribution is 7.25. The minimum Gasteiger partial charge on any atom is -0.310 e. The maximum atomic E-state index is 2.53. The average Bonchev–Trinajstić information content (AvgIpc) is 4.07. The van der Waals surface area contributed by atoms with Crippen molar-refractivity contribution >= 4 is 65.6 Å². The molecule has 1 atom stereocenters. The molecule has 1 unspecified atom stereocenters. The molecule has 0 spiro atoms. The van der Waals surface area contributed by atoms with Crippen molar-refractivity contribution in [1.29, 1.82) is 0 Å². The summed E-state index contributed by atoms with van der Waals surface area (Å²) in [6.07, 6.45) is 0. The van der Waals surface area contributed by atoms with Gasteiger partial charge in [-0.25, -0.2) is 0 Å². The maximum absolute atomic E-state index is 2.53. The van der Waals surface area contributed by atoms with Crippen LogP contribution < -0.4 is 9.80 Å². The molecule has 0 N–H and O–H groups in total. The van der Waals surface area contributed by atoms with Crippen molar-refractivity contribution in [3.8, 4) is 22.3 Å². The lowest BCUT2D eigenvalue weighted by molar-refractivity contribution is 0.753. The van der Waals surface area contributed by atoms with Crippen LogP contribution in [0.5, 0.6) is 0 Å². The second kappa shape index (κ2) is 15.4. The Hall–Kier alpha value is -8.76. The number of rotatable bonds is 7. The zero-order chi connectivity index (χ0) is 46.7. The molecule has 0 radical (unpaired) electrons. The van der Waals surface area contributed by atoms with E-state index in [1.54, 1.807) is 0 Å². The fraction of sp³-hybridized carbons (Fsp3) is 0.0294. The number of hydrogen-bond acceptors (Lipinski definition) is 3. The molecule has 1 aromatic heterocycles. The first-order chi connectivity index (χ1) is 35.2. The molecule has 0 fully saturated rings. The fourth-order valence-corrected chi connectivity index (χ4v) is 14.1. The van der Waals surface area contributed by atoms with E-state index < -0.39 is 10.8 Å². The molecule has 0 amide bonds. The van der Waals surface area contributed by atoms with Crippen LogP contribution in [0.15, 0.2) is 267 Å². The maximum Gasteiger partial charge on any atom is 0.0755 e. The van der Waals surface area contributed by atoms with E-state index in [-0.39, 0.29) is 0 Å². The highest BCUT2D eigenvalue weighted by Gasteiger charge is 2.53. The van der Waals surface area contributed by atoms with Crippen LogP contribution in [0.3, 0.4) is 0 Å². The van der Waals surface area contributed by atoms with E-state index in [9.17, 15) is 0 Å². The number of para-hydroxylation sites is 2. The first-order valence-corrected chi connectivity index (χ1v) is 25.4. The third-order valence-corrected chi connectivity index (χ3v) is 16.8. The molecule has 2 nitrogen and oxygen atoms in total. The zero-order valence-electron chi connectivity index (χ0n) is 38.7. The zero-order valence-corrected chi connectivity index (χ0v) is 39.5. The van der Waals surface area contributed by atoms with Crippen LogP contribution >= 0.6 is 11.3 Å². The monoisotopic (exact) mass is 920 g/mol. The van der Waals surface area contributed by atoms with Gasteiger partial charge < -0.3 is 9.80 Å². The lowest BCUT2D eigenvalue weighted by Gasteiger charge is -2.44. The number of nitrogens with zero attached hydrogens (tertiary/aromatic N) is 2. The van der Waals surface area contributed by atoms with Gasteiger partial charge in [0.15, 0.2) is 0 Å². The predicted molar refractivity (Wildman–Crippen MR) is 297 cm³/mol. The van der Waals surface area contributed by atoms with Gasteiger partial charge in [0.25, 0.3) is 0 Å². The van der Waals surface area contributed by atoms with E-state index in [4.69, 9.17) is 0 Å². The Kier molecular flexibility index (Phi) is 8.69. The quantitative estimate of drug-likeness (QED) is 0.157. The molecule has 2 aliphatic carbocycles. The second-order valence-electron chi connectivity index (χ2n) is 19.1. The molecule has 71 heavy (non-hydrogen) atoms. The van der Waals surface area contributed by atoms with E-state index in [1.165, 1.54) is 98.3 Å². The Labute approximate surface area is 417 Å². The molecule has 3 aliphatic rings. The van der Waals surface area contributed by atoms with Gasteiger partial charge in [0.1, 0.15) is 0 Å². The number of hydrogen-bond donors (Lipinski definition) is 0. The number of benzene rings is 11. The van der Waals surface area contributed by atoms with Crippen LogP contribution in [0, 0.1) is 0 Å². The molecule has 0 saturated heterocycles. The number of anilines is 6. The molecule has 3 heteroatoms. The van der Waals surface area contributed by atoms with Crippen LogP contribution in [0.4, 0.5) is 34.1 Å². The summed E-state index contributed by atoms with van der Waals surface area (Å²) < 4.78 is 2.57. The molecule has 0 saturated carbocycles. The number of fused-ring (bicyclic) bond motifs is 11. The van der Waals surface area contributed by atoms with Crippen molar-refractivity contribution in [1.82, 2.24) is 0 Å². The SMILES string of the molecule is c1ccc(N2c3ccccc3C3(c4ccccc4)c4cc(N(c5ccc6c(c5)C(c5ccccc5)(c5ccccc5)c5ccccc5-6)c5ccc6c(c5)sc5ccccc56)ccc4-c4cccc2c43)cc1. The van der Waals surface area contributed by atoms with E-state index in [0.717, 1.165) is 22.7 Å². The van der Waals surface area contributed by atoms with Crippen LogP contribution in [0.1, 0.15) is 44.5 Å². The first-order valence-electron chi connectivity index (χ1n) is 24.6. The lowest BCUT2D eigenvalue weighted by atomic mass is 9.65. The van der Waals surface area contributed by atoms with E-state index >= 15 is 0 Å².